The molecule has 7 rings (SSSR count). The minimum atomic E-state index is 0.0361. The molecule has 6 heteroatoms. The molecule has 4 fully saturated rings. The molecular formula is C27H34N4O2. The smallest absolute Gasteiger partial charge is 0.251 e. The van der Waals surface area contributed by atoms with Crippen molar-refractivity contribution >= 4 is 5.91 Å². The third-order valence-electron chi connectivity index (χ3n) is 8.60. The number of aromatic nitrogens is 1. The second kappa shape index (κ2) is 8.73. The Balaban J connectivity index is 1.05. The number of hydrogen-bond donors (Lipinski definition) is 1. The van der Waals surface area contributed by atoms with Crippen LogP contribution in [0.3, 0.4) is 0 Å². The van der Waals surface area contributed by atoms with Crippen LogP contribution in [0.4, 0.5) is 0 Å². The minimum absolute atomic E-state index is 0.0361. The summed E-state index contributed by atoms with van der Waals surface area (Å²) in [6.45, 7) is 7.32. The zero-order valence-electron chi connectivity index (χ0n) is 19.2. The Labute approximate surface area is 195 Å². The van der Waals surface area contributed by atoms with Gasteiger partial charge in [-0.05, 0) is 61.8 Å². The molecule has 5 aliphatic rings. The number of amides is 1. The zero-order chi connectivity index (χ0) is 22.4. The summed E-state index contributed by atoms with van der Waals surface area (Å²) in [6.07, 6.45) is 3.70. The van der Waals surface area contributed by atoms with E-state index in [1.165, 1.54) is 31.5 Å². The van der Waals surface area contributed by atoms with Crippen LogP contribution in [0.1, 0.15) is 41.2 Å². The molecule has 4 bridgehead atoms. The van der Waals surface area contributed by atoms with Gasteiger partial charge in [0.2, 0.25) is 0 Å². The monoisotopic (exact) mass is 446 g/mol. The van der Waals surface area contributed by atoms with Crippen molar-refractivity contribution < 1.29 is 4.79 Å². The van der Waals surface area contributed by atoms with Crippen LogP contribution in [0.2, 0.25) is 0 Å². The van der Waals surface area contributed by atoms with Crippen molar-refractivity contribution in [3.8, 4) is 0 Å². The Hall–Kier alpha value is -2.44. The molecule has 0 saturated carbocycles. The summed E-state index contributed by atoms with van der Waals surface area (Å²) in [7, 11) is 0. The molecule has 6 atom stereocenters. The number of rotatable bonds is 5. The van der Waals surface area contributed by atoms with Gasteiger partial charge in [0.1, 0.15) is 0 Å². The maximum absolute atomic E-state index is 12.5. The molecular weight excluding hydrogens is 412 g/mol. The second-order valence-electron chi connectivity index (χ2n) is 10.7. The number of nitrogens with one attached hydrogen (secondary N) is 1. The summed E-state index contributed by atoms with van der Waals surface area (Å²) >= 11 is 0. The van der Waals surface area contributed by atoms with Crippen LogP contribution in [-0.2, 0) is 6.54 Å². The number of fused-ring (bicyclic) bond motifs is 7. The maximum Gasteiger partial charge on any atom is 0.251 e. The predicted octanol–water partition coefficient (Wildman–Crippen LogP) is 2.41. The van der Waals surface area contributed by atoms with Crippen molar-refractivity contribution in [2.75, 3.05) is 39.3 Å². The standard InChI is InChI=1S/C27H34N4O2/c32-26-8-4-7-25-22-11-19(15-31(25)26)14-29(16-22)17-23-18-30-10-9-21(23)12-24(30)13-28-27(33)20-5-2-1-3-6-20/h1-8,19,21-24H,9-18H2,(H,28,33). The van der Waals surface area contributed by atoms with E-state index in [-0.39, 0.29) is 11.5 Å². The summed E-state index contributed by atoms with van der Waals surface area (Å²) < 4.78 is 2.03. The van der Waals surface area contributed by atoms with Gasteiger partial charge in [0.05, 0.1) is 0 Å². The Bertz CT molecular complexity index is 1070. The van der Waals surface area contributed by atoms with Crippen LogP contribution < -0.4 is 10.9 Å². The van der Waals surface area contributed by atoms with E-state index in [9.17, 15) is 9.59 Å². The van der Waals surface area contributed by atoms with Crippen LogP contribution >= 0.6 is 0 Å². The van der Waals surface area contributed by atoms with Crippen molar-refractivity contribution in [3.05, 3.63) is 70.1 Å². The van der Waals surface area contributed by atoms with Gasteiger partial charge in [-0.2, -0.15) is 0 Å². The van der Waals surface area contributed by atoms with Crippen LogP contribution in [0, 0.1) is 17.8 Å². The fourth-order valence-corrected chi connectivity index (χ4v) is 7.05. The van der Waals surface area contributed by atoms with Gasteiger partial charge in [0.25, 0.3) is 11.5 Å². The Kier molecular flexibility index (Phi) is 5.59. The predicted molar refractivity (Wildman–Crippen MR) is 128 cm³/mol. The number of likely N-dealkylation sites (tertiary alicyclic amines) is 1. The average molecular weight is 447 g/mol. The van der Waals surface area contributed by atoms with Crippen molar-refractivity contribution in [3.63, 3.8) is 0 Å². The quantitative estimate of drug-likeness (QED) is 0.767. The molecule has 1 amide bonds. The maximum atomic E-state index is 12.5. The molecule has 0 radical (unpaired) electrons. The van der Waals surface area contributed by atoms with E-state index in [4.69, 9.17) is 0 Å². The highest BCUT2D eigenvalue weighted by atomic mass is 16.1. The minimum Gasteiger partial charge on any atom is -0.350 e. The molecule has 4 saturated heterocycles. The highest BCUT2D eigenvalue weighted by Gasteiger charge is 2.42. The first-order valence-corrected chi connectivity index (χ1v) is 12.6. The van der Waals surface area contributed by atoms with Crippen molar-refractivity contribution in [2.45, 2.75) is 37.8 Å². The van der Waals surface area contributed by atoms with Crippen LogP contribution in [-0.4, -0.2) is 65.6 Å². The summed E-state index contributed by atoms with van der Waals surface area (Å²) in [5, 5.41) is 3.17. The lowest BCUT2D eigenvalue weighted by atomic mass is 9.74. The molecule has 5 aliphatic heterocycles. The molecule has 174 valence electrons. The third-order valence-corrected chi connectivity index (χ3v) is 8.60. The topological polar surface area (TPSA) is 57.6 Å². The number of nitrogens with zero attached hydrogens (tertiary/aromatic N) is 3. The van der Waals surface area contributed by atoms with Gasteiger partial charge in [-0.1, -0.05) is 24.3 Å². The number of benzene rings is 1. The molecule has 1 N–H and O–H groups in total. The van der Waals surface area contributed by atoms with Gasteiger partial charge >= 0.3 is 0 Å². The van der Waals surface area contributed by atoms with E-state index in [1.54, 1.807) is 6.07 Å². The number of piperidine rings is 4. The summed E-state index contributed by atoms with van der Waals surface area (Å²) in [5.74, 6) is 2.60. The molecule has 0 aliphatic carbocycles. The Morgan fingerprint density at radius 1 is 0.970 bits per heavy atom. The lowest BCUT2D eigenvalue weighted by Gasteiger charge is -2.52. The first-order chi connectivity index (χ1) is 16.1. The fraction of sp³-hybridized carbons (Fsp3) is 0.556. The van der Waals surface area contributed by atoms with Crippen LogP contribution in [0.5, 0.6) is 0 Å². The highest BCUT2D eigenvalue weighted by Crippen LogP contribution is 2.39. The fourth-order valence-electron chi connectivity index (χ4n) is 7.05. The molecule has 6 nitrogen and oxygen atoms in total. The molecule has 2 aromatic rings. The first-order valence-electron chi connectivity index (χ1n) is 12.6. The number of carbonyl (C=O) groups is 1. The SMILES string of the molecule is O=C(NCC1CC2CCN1CC2CN1CC2CC(C1)c1cccc(=O)n1C2)c1ccccc1. The molecule has 1 aromatic carbocycles. The van der Waals surface area contributed by atoms with Gasteiger partial charge in [-0.15, -0.1) is 0 Å². The van der Waals surface area contributed by atoms with Gasteiger partial charge in [0.15, 0.2) is 0 Å². The number of carbonyl (C=O) groups excluding carboxylic acids is 1. The van der Waals surface area contributed by atoms with Crippen molar-refractivity contribution in [1.82, 2.24) is 19.7 Å². The van der Waals surface area contributed by atoms with Gasteiger partial charge in [-0.25, -0.2) is 0 Å². The zero-order valence-corrected chi connectivity index (χ0v) is 19.2. The lowest BCUT2D eigenvalue weighted by molar-refractivity contribution is -0.0197. The molecule has 1 aromatic heterocycles. The largest absolute Gasteiger partial charge is 0.350 e. The summed E-state index contributed by atoms with van der Waals surface area (Å²) in [5.41, 5.74) is 2.15. The normalized spacial score (nSPS) is 32.8. The molecule has 33 heavy (non-hydrogen) atoms. The first kappa shape index (κ1) is 21.1. The van der Waals surface area contributed by atoms with E-state index < -0.39 is 0 Å². The van der Waals surface area contributed by atoms with E-state index in [0.717, 1.165) is 56.7 Å². The van der Waals surface area contributed by atoms with Gasteiger partial charge in [0, 0.05) is 68.6 Å². The summed E-state index contributed by atoms with van der Waals surface area (Å²) in [4.78, 5) is 30.1. The van der Waals surface area contributed by atoms with Gasteiger partial charge < -0.3 is 14.8 Å². The third kappa shape index (κ3) is 4.15. The number of pyridine rings is 1. The van der Waals surface area contributed by atoms with E-state index in [0.29, 0.717) is 17.9 Å². The van der Waals surface area contributed by atoms with Crippen molar-refractivity contribution in [2.24, 2.45) is 17.8 Å². The van der Waals surface area contributed by atoms with E-state index in [1.807, 2.05) is 41.0 Å². The summed E-state index contributed by atoms with van der Waals surface area (Å²) in [6, 6.07) is 15.8. The van der Waals surface area contributed by atoms with Gasteiger partial charge in [-0.3, -0.25) is 14.5 Å². The van der Waals surface area contributed by atoms with Crippen LogP contribution in [0.15, 0.2) is 53.3 Å². The Morgan fingerprint density at radius 2 is 1.85 bits per heavy atom. The van der Waals surface area contributed by atoms with Crippen molar-refractivity contribution in [1.29, 1.82) is 0 Å². The van der Waals surface area contributed by atoms with E-state index in [2.05, 4.69) is 21.2 Å². The van der Waals surface area contributed by atoms with E-state index >= 15 is 0 Å². The number of hydrogen-bond acceptors (Lipinski definition) is 4. The average Bonchev–Trinajstić information content (AvgIpc) is 2.84. The molecule has 6 unspecified atom stereocenters. The second-order valence-corrected chi connectivity index (χ2v) is 10.7. The molecule has 0 spiro atoms. The lowest BCUT2D eigenvalue weighted by Crippen LogP contribution is -2.59. The van der Waals surface area contributed by atoms with Crippen LogP contribution in [0.25, 0.3) is 0 Å². The molecule has 6 heterocycles. The Morgan fingerprint density at radius 3 is 2.67 bits per heavy atom. The highest BCUT2D eigenvalue weighted by molar-refractivity contribution is 5.94.